The second kappa shape index (κ2) is 4.43. The van der Waals surface area contributed by atoms with E-state index in [1.54, 1.807) is 0 Å². The molecule has 1 nitrogen and oxygen atoms in total. The third-order valence-corrected chi connectivity index (χ3v) is 3.56. The van der Waals surface area contributed by atoms with Crippen molar-refractivity contribution in [3.63, 3.8) is 0 Å². The van der Waals surface area contributed by atoms with Gasteiger partial charge in [0.1, 0.15) is 0 Å². The number of aliphatic hydroxyl groups excluding tert-OH is 1. The van der Waals surface area contributed by atoms with Gasteiger partial charge in [0.2, 0.25) is 0 Å². The fourth-order valence-electron chi connectivity index (χ4n) is 2.61. The van der Waals surface area contributed by atoms with Gasteiger partial charge in [-0.15, -0.1) is 0 Å². The van der Waals surface area contributed by atoms with E-state index in [1.807, 2.05) is 30.3 Å². The Labute approximate surface area is 107 Å². The zero-order valence-electron chi connectivity index (χ0n) is 10.4. The van der Waals surface area contributed by atoms with Crippen molar-refractivity contribution in [3.05, 3.63) is 76.9 Å². The van der Waals surface area contributed by atoms with E-state index in [2.05, 4.69) is 37.3 Å². The molecule has 0 aliphatic heterocycles. The van der Waals surface area contributed by atoms with Gasteiger partial charge in [-0.3, -0.25) is 0 Å². The van der Waals surface area contributed by atoms with Gasteiger partial charge < -0.3 is 5.11 Å². The van der Waals surface area contributed by atoms with Gasteiger partial charge in [-0.2, -0.15) is 0 Å². The van der Waals surface area contributed by atoms with Gasteiger partial charge in [0, 0.05) is 5.92 Å². The molecule has 1 aliphatic carbocycles. The lowest BCUT2D eigenvalue weighted by molar-refractivity contribution is 0.160. The minimum Gasteiger partial charge on any atom is -0.387 e. The molecule has 0 fully saturated rings. The maximum atomic E-state index is 10.5. The summed E-state index contributed by atoms with van der Waals surface area (Å²) in [4.78, 5) is 0. The Kier molecular flexibility index (Phi) is 2.77. The summed E-state index contributed by atoms with van der Waals surface area (Å²) < 4.78 is 0. The summed E-state index contributed by atoms with van der Waals surface area (Å²) in [5, 5.41) is 10.5. The third kappa shape index (κ3) is 1.87. The van der Waals surface area contributed by atoms with E-state index in [-0.39, 0.29) is 5.92 Å². The molecule has 0 saturated heterocycles. The van der Waals surface area contributed by atoms with Gasteiger partial charge >= 0.3 is 0 Å². The predicted molar refractivity (Wildman–Crippen MR) is 74.4 cm³/mol. The molecule has 0 amide bonds. The summed E-state index contributed by atoms with van der Waals surface area (Å²) in [5.74, 6) is 0.0554. The van der Waals surface area contributed by atoms with E-state index in [0.717, 1.165) is 11.1 Å². The smallest absolute Gasteiger partial charge is 0.0899 e. The molecule has 0 radical (unpaired) electrons. The topological polar surface area (TPSA) is 20.2 Å². The average molecular weight is 236 g/mol. The van der Waals surface area contributed by atoms with Crippen LogP contribution < -0.4 is 0 Å². The van der Waals surface area contributed by atoms with Crippen LogP contribution in [-0.2, 0) is 0 Å². The third-order valence-electron chi connectivity index (χ3n) is 3.56. The van der Waals surface area contributed by atoms with E-state index >= 15 is 0 Å². The first-order chi connectivity index (χ1) is 8.75. The number of aryl methyl sites for hydroxylation is 1. The van der Waals surface area contributed by atoms with Crippen LogP contribution in [0.3, 0.4) is 0 Å². The van der Waals surface area contributed by atoms with Crippen LogP contribution in [0.4, 0.5) is 0 Å². The first-order valence-corrected chi connectivity index (χ1v) is 6.27. The Morgan fingerprint density at radius 3 is 2.67 bits per heavy atom. The van der Waals surface area contributed by atoms with Crippen molar-refractivity contribution in [3.8, 4) is 0 Å². The molecule has 2 atom stereocenters. The van der Waals surface area contributed by atoms with Gasteiger partial charge in [-0.05, 0) is 23.6 Å². The molecule has 0 unspecified atom stereocenters. The Morgan fingerprint density at radius 2 is 1.83 bits per heavy atom. The van der Waals surface area contributed by atoms with Crippen LogP contribution in [0.5, 0.6) is 0 Å². The predicted octanol–water partition coefficient (Wildman–Crippen LogP) is 3.84. The quantitative estimate of drug-likeness (QED) is 0.797. The zero-order chi connectivity index (χ0) is 12.5. The molecule has 0 bridgehead atoms. The van der Waals surface area contributed by atoms with E-state index in [1.165, 1.54) is 11.1 Å². The number of rotatable bonds is 1. The number of aliphatic hydroxyl groups is 1. The highest BCUT2D eigenvalue weighted by Gasteiger charge is 2.25. The summed E-state index contributed by atoms with van der Waals surface area (Å²) in [6.45, 7) is 2.08. The molecule has 0 heterocycles. The van der Waals surface area contributed by atoms with Crippen LogP contribution in [0.1, 0.15) is 34.3 Å². The lowest BCUT2D eigenvalue weighted by atomic mass is 9.82. The van der Waals surface area contributed by atoms with Crippen molar-refractivity contribution in [2.45, 2.75) is 18.9 Å². The SMILES string of the molecule is Cc1cccc([C@@H]2C=Cc3ccccc3[C@@H]2O)c1. The minimum absolute atomic E-state index is 0.0554. The molecule has 18 heavy (non-hydrogen) atoms. The maximum absolute atomic E-state index is 10.5. The molecule has 1 heteroatoms. The molecule has 1 aliphatic rings. The standard InChI is InChI=1S/C17H16O/c1-12-5-4-7-14(11-12)16-10-9-13-6-2-3-8-15(13)17(16)18/h2-11,16-18H,1H3/t16-,17-/m0/s1. The van der Waals surface area contributed by atoms with E-state index in [4.69, 9.17) is 0 Å². The van der Waals surface area contributed by atoms with E-state index < -0.39 is 6.10 Å². The fourth-order valence-corrected chi connectivity index (χ4v) is 2.61. The lowest BCUT2D eigenvalue weighted by Crippen LogP contribution is -2.13. The van der Waals surface area contributed by atoms with Gasteiger partial charge in [0.25, 0.3) is 0 Å². The van der Waals surface area contributed by atoms with Gasteiger partial charge in [-0.25, -0.2) is 0 Å². The second-order valence-corrected chi connectivity index (χ2v) is 4.87. The maximum Gasteiger partial charge on any atom is 0.0899 e. The molecular weight excluding hydrogens is 220 g/mol. The Balaban J connectivity index is 2.03. The summed E-state index contributed by atoms with van der Waals surface area (Å²) in [6.07, 6.45) is 3.75. The Bertz CT molecular complexity index is 598. The normalized spacial score (nSPS) is 21.7. The molecular formula is C17H16O. The van der Waals surface area contributed by atoms with Crippen molar-refractivity contribution in [1.82, 2.24) is 0 Å². The highest BCUT2D eigenvalue weighted by molar-refractivity contribution is 5.60. The Morgan fingerprint density at radius 1 is 1.00 bits per heavy atom. The number of fused-ring (bicyclic) bond motifs is 1. The summed E-state index contributed by atoms with van der Waals surface area (Å²) in [5.41, 5.74) is 4.54. The first-order valence-electron chi connectivity index (χ1n) is 6.27. The fraction of sp³-hybridized carbons (Fsp3) is 0.176. The zero-order valence-corrected chi connectivity index (χ0v) is 10.4. The van der Waals surface area contributed by atoms with Crippen molar-refractivity contribution >= 4 is 6.08 Å². The largest absolute Gasteiger partial charge is 0.387 e. The van der Waals surface area contributed by atoms with Gasteiger partial charge in [0.05, 0.1) is 6.10 Å². The molecule has 90 valence electrons. The second-order valence-electron chi connectivity index (χ2n) is 4.87. The van der Waals surface area contributed by atoms with Gasteiger partial charge in [0.15, 0.2) is 0 Å². The Hall–Kier alpha value is -1.86. The molecule has 0 spiro atoms. The number of benzene rings is 2. The van der Waals surface area contributed by atoms with Crippen LogP contribution in [-0.4, -0.2) is 5.11 Å². The first kappa shape index (κ1) is 11.2. The van der Waals surface area contributed by atoms with Crippen LogP contribution in [0.25, 0.3) is 6.08 Å². The molecule has 1 N–H and O–H groups in total. The molecule has 0 aromatic heterocycles. The number of hydrogen-bond donors (Lipinski definition) is 1. The molecule has 0 saturated carbocycles. The van der Waals surface area contributed by atoms with Crippen molar-refractivity contribution in [2.75, 3.05) is 0 Å². The highest BCUT2D eigenvalue weighted by atomic mass is 16.3. The summed E-state index contributed by atoms with van der Waals surface area (Å²) >= 11 is 0. The van der Waals surface area contributed by atoms with Crippen LogP contribution in [0.2, 0.25) is 0 Å². The number of hydrogen-bond acceptors (Lipinski definition) is 1. The van der Waals surface area contributed by atoms with Crippen LogP contribution in [0, 0.1) is 6.92 Å². The minimum atomic E-state index is -0.451. The van der Waals surface area contributed by atoms with E-state index in [9.17, 15) is 5.11 Å². The summed E-state index contributed by atoms with van der Waals surface area (Å²) in [6, 6.07) is 16.4. The van der Waals surface area contributed by atoms with E-state index in [0.29, 0.717) is 0 Å². The van der Waals surface area contributed by atoms with Crippen LogP contribution >= 0.6 is 0 Å². The van der Waals surface area contributed by atoms with Crippen molar-refractivity contribution in [2.24, 2.45) is 0 Å². The molecule has 2 aromatic carbocycles. The lowest BCUT2D eigenvalue weighted by Gasteiger charge is -2.26. The summed E-state index contributed by atoms with van der Waals surface area (Å²) in [7, 11) is 0. The van der Waals surface area contributed by atoms with Crippen molar-refractivity contribution < 1.29 is 5.11 Å². The van der Waals surface area contributed by atoms with Gasteiger partial charge in [-0.1, -0.05) is 66.2 Å². The molecule has 2 aromatic rings. The monoisotopic (exact) mass is 236 g/mol. The highest BCUT2D eigenvalue weighted by Crippen LogP contribution is 2.38. The van der Waals surface area contributed by atoms with Crippen LogP contribution in [0.15, 0.2) is 54.6 Å². The van der Waals surface area contributed by atoms with Crippen molar-refractivity contribution in [1.29, 1.82) is 0 Å². The molecule has 3 rings (SSSR count). The average Bonchev–Trinajstić information content (AvgIpc) is 2.39.